The molecule has 3 aromatic rings. The van der Waals surface area contributed by atoms with Crippen LogP contribution in [0.15, 0.2) is 41.6 Å². The Kier molecular flexibility index (Phi) is 4.36. The summed E-state index contributed by atoms with van der Waals surface area (Å²) >= 11 is 1.73. The van der Waals surface area contributed by atoms with Gasteiger partial charge >= 0.3 is 0 Å². The van der Waals surface area contributed by atoms with Crippen molar-refractivity contribution in [3.8, 4) is 23.1 Å². The third-order valence-corrected chi connectivity index (χ3v) is 4.73. The number of nitrogens with zero attached hydrogens (tertiary/aromatic N) is 3. The Bertz CT molecular complexity index is 979. The predicted octanol–water partition coefficient (Wildman–Crippen LogP) is 4.35. The van der Waals surface area contributed by atoms with Crippen LogP contribution in [0.1, 0.15) is 26.3 Å². The minimum absolute atomic E-state index is 0.0485. The second-order valence-corrected chi connectivity index (χ2v) is 8.62. The Morgan fingerprint density at radius 3 is 2.64 bits per heavy atom. The van der Waals surface area contributed by atoms with E-state index >= 15 is 0 Å². The lowest BCUT2D eigenvalue weighted by atomic mass is 10.1. The number of nitrogens with two attached hydrogens (primary N) is 1. The third-order valence-electron chi connectivity index (χ3n) is 3.59. The highest BCUT2D eigenvalue weighted by Gasteiger charge is 2.18. The van der Waals surface area contributed by atoms with E-state index in [1.807, 2.05) is 28.8 Å². The molecule has 0 unspecified atom stereocenters. The number of nitrogen functional groups attached to an aromatic ring is 1. The molecule has 0 aliphatic carbocycles. The summed E-state index contributed by atoms with van der Waals surface area (Å²) < 4.78 is 7.59. The quantitative estimate of drug-likeness (QED) is 0.560. The largest absolute Gasteiger partial charge is 0.495 e. The van der Waals surface area contributed by atoms with Crippen LogP contribution in [-0.2, 0) is 0 Å². The lowest BCUT2D eigenvalue weighted by Gasteiger charge is -2.19. The van der Waals surface area contributed by atoms with Crippen LogP contribution in [0.2, 0.25) is 0 Å². The van der Waals surface area contributed by atoms with Gasteiger partial charge in [0.15, 0.2) is 0 Å². The number of ether oxygens (including phenoxy) is 1. The fourth-order valence-corrected chi connectivity index (χ4v) is 3.69. The normalized spacial score (nSPS) is 11.5. The van der Waals surface area contributed by atoms with Gasteiger partial charge in [0.2, 0.25) is 0 Å². The van der Waals surface area contributed by atoms with Crippen LogP contribution in [0.4, 0.5) is 5.69 Å². The van der Waals surface area contributed by atoms with Crippen molar-refractivity contribution in [2.24, 2.45) is 0 Å². The van der Waals surface area contributed by atoms with Crippen molar-refractivity contribution in [3.05, 3.63) is 42.2 Å². The molecular weight excluding hydrogens is 332 g/mol. The minimum Gasteiger partial charge on any atom is -0.495 e. The van der Waals surface area contributed by atoms with Crippen molar-refractivity contribution in [3.63, 3.8) is 0 Å². The molecule has 0 bridgehead atoms. The topological polar surface area (TPSA) is 76.3 Å². The number of methoxy groups -OCH3 is 1. The molecule has 0 atom stereocenters. The molecule has 0 saturated heterocycles. The van der Waals surface area contributed by atoms with E-state index in [4.69, 9.17) is 10.5 Å². The molecule has 0 radical (unpaired) electrons. The van der Waals surface area contributed by atoms with Crippen molar-refractivity contribution in [1.29, 1.82) is 5.26 Å². The first kappa shape index (κ1) is 17.2. The molecular formula is C19H20N4OS. The number of imidazole rings is 1. The van der Waals surface area contributed by atoms with Crippen LogP contribution in [-0.4, -0.2) is 21.2 Å². The van der Waals surface area contributed by atoms with Gasteiger partial charge in [-0.1, -0.05) is 20.8 Å². The Morgan fingerprint density at radius 1 is 1.24 bits per heavy atom. The highest BCUT2D eigenvalue weighted by Crippen LogP contribution is 2.39. The number of fused-ring (bicyclic) bond motifs is 1. The van der Waals surface area contributed by atoms with Crippen LogP contribution in [0, 0.1) is 11.3 Å². The fraction of sp³-hybridized carbons (Fsp3) is 0.263. The van der Waals surface area contributed by atoms with Gasteiger partial charge in [-0.3, -0.25) is 4.40 Å². The second kappa shape index (κ2) is 6.34. The van der Waals surface area contributed by atoms with Gasteiger partial charge < -0.3 is 10.5 Å². The Hall–Kier alpha value is -2.65. The monoisotopic (exact) mass is 352 g/mol. The molecule has 25 heavy (non-hydrogen) atoms. The number of aromatic nitrogens is 2. The number of nitriles is 1. The number of hydrogen-bond acceptors (Lipinski definition) is 5. The first-order chi connectivity index (χ1) is 11.8. The van der Waals surface area contributed by atoms with Gasteiger partial charge in [-0.15, -0.1) is 11.8 Å². The maximum atomic E-state index is 9.19. The van der Waals surface area contributed by atoms with Gasteiger partial charge in [0.25, 0.3) is 0 Å². The average molecular weight is 352 g/mol. The molecule has 3 rings (SSSR count). The van der Waals surface area contributed by atoms with Crippen molar-refractivity contribution in [2.45, 2.75) is 30.4 Å². The predicted molar refractivity (Wildman–Crippen MR) is 102 cm³/mol. The standard InChI is InChI=1S/C19H20N4OS/c1-19(2,3)25-17-11-23-15(10-22-18(23)8-16(17)24-4)13-5-12(9-20)6-14(21)7-13/h5-8,10-11H,21H2,1-4H3. The molecule has 6 heteroatoms. The van der Waals surface area contributed by atoms with Gasteiger partial charge in [0, 0.05) is 28.3 Å². The smallest absolute Gasteiger partial charge is 0.140 e. The van der Waals surface area contributed by atoms with E-state index in [-0.39, 0.29) is 4.75 Å². The first-order valence-electron chi connectivity index (χ1n) is 7.86. The van der Waals surface area contributed by atoms with Gasteiger partial charge in [0.05, 0.1) is 35.5 Å². The van der Waals surface area contributed by atoms with Crippen molar-refractivity contribution in [2.75, 3.05) is 12.8 Å². The summed E-state index contributed by atoms with van der Waals surface area (Å²) in [7, 11) is 1.67. The van der Waals surface area contributed by atoms with Crippen LogP contribution in [0.3, 0.4) is 0 Å². The molecule has 0 spiro atoms. The molecule has 0 aliphatic heterocycles. The summed E-state index contributed by atoms with van der Waals surface area (Å²) in [5, 5.41) is 9.19. The van der Waals surface area contributed by atoms with E-state index < -0.39 is 0 Å². The number of rotatable bonds is 3. The molecule has 0 amide bonds. The summed E-state index contributed by atoms with van der Waals surface area (Å²) in [5.41, 5.74) is 9.56. The van der Waals surface area contributed by atoms with Crippen LogP contribution in [0.5, 0.6) is 5.75 Å². The third kappa shape index (κ3) is 3.57. The van der Waals surface area contributed by atoms with Gasteiger partial charge in [-0.25, -0.2) is 4.98 Å². The molecule has 2 heterocycles. The van der Waals surface area contributed by atoms with Gasteiger partial charge in [0.1, 0.15) is 11.4 Å². The van der Waals surface area contributed by atoms with Crippen LogP contribution >= 0.6 is 11.8 Å². The SMILES string of the molecule is COc1cc2ncc(-c3cc(N)cc(C#N)c3)n2cc1SC(C)(C)C. The van der Waals surface area contributed by atoms with E-state index in [1.54, 1.807) is 31.1 Å². The van der Waals surface area contributed by atoms with E-state index in [9.17, 15) is 5.26 Å². The van der Waals surface area contributed by atoms with Gasteiger partial charge in [-0.05, 0) is 18.2 Å². The second-order valence-electron chi connectivity index (χ2n) is 6.75. The highest BCUT2D eigenvalue weighted by atomic mass is 32.2. The van der Waals surface area contributed by atoms with E-state index in [0.717, 1.165) is 27.5 Å². The van der Waals surface area contributed by atoms with E-state index in [2.05, 4.69) is 31.8 Å². The zero-order valence-corrected chi connectivity index (χ0v) is 15.5. The van der Waals surface area contributed by atoms with Crippen LogP contribution in [0.25, 0.3) is 16.9 Å². The van der Waals surface area contributed by atoms with E-state index in [0.29, 0.717) is 11.3 Å². The molecule has 2 aromatic heterocycles. The summed E-state index contributed by atoms with van der Waals surface area (Å²) in [6, 6.07) is 9.41. The van der Waals surface area contributed by atoms with Crippen LogP contribution < -0.4 is 10.5 Å². The maximum Gasteiger partial charge on any atom is 0.140 e. The lowest BCUT2D eigenvalue weighted by molar-refractivity contribution is 0.404. The van der Waals surface area contributed by atoms with Crippen molar-refractivity contribution < 1.29 is 4.74 Å². The highest BCUT2D eigenvalue weighted by molar-refractivity contribution is 8.00. The van der Waals surface area contributed by atoms with E-state index in [1.165, 1.54) is 0 Å². The Labute approximate surface area is 151 Å². The average Bonchev–Trinajstić information content (AvgIpc) is 2.94. The van der Waals surface area contributed by atoms with Crippen molar-refractivity contribution >= 4 is 23.1 Å². The Morgan fingerprint density at radius 2 is 2.00 bits per heavy atom. The molecule has 2 N–H and O–H groups in total. The lowest BCUT2D eigenvalue weighted by Crippen LogP contribution is -2.07. The molecule has 0 aliphatic rings. The number of benzene rings is 1. The molecule has 128 valence electrons. The zero-order chi connectivity index (χ0) is 18.2. The number of pyridine rings is 1. The summed E-state index contributed by atoms with van der Waals surface area (Å²) in [6.45, 7) is 6.48. The molecule has 5 nitrogen and oxygen atoms in total. The summed E-state index contributed by atoms with van der Waals surface area (Å²) in [6.07, 6.45) is 3.82. The van der Waals surface area contributed by atoms with Crippen molar-refractivity contribution in [1.82, 2.24) is 9.38 Å². The molecule has 0 saturated carbocycles. The number of hydrogen-bond donors (Lipinski definition) is 1. The number of thioether (sulfide) groups is 1. The minimum atomic E-state index is 0.0485. The maximum absolute atomic E-state index is 9.19. The van der Waals surface area contributed by atoms with Gasteiger partial charge in [-0.2, -0.15) is 5.26 Å². The zero-order valence-electron chi connectivity index (χ0n) is 14.7. The fourth-order valence-electron chi connectivity index (χ4n) is 2.63. The summed E-state index contributed by atoms with van der Waals surface area (Å²) in [5.74, 6) is 0.801. The molecule has 1 aromatic carbocycles. The summed E-state index contributed by atoms with van der Waals surface area (Å²) in [4.78, 5) is 5.51. The Balaban J connectivity index is 2.20. The number of anilines is 1. The molecule has 0 fully saturated rings. The first-order valence-corrected chi connectivity index (χ1v) is 8.67.